The molecule has 9 heteroatoms. The zero-order valence-corrected chi connectivity index (χ0v) is 19.5. The number of anilines is 3. The lowest BCUT2D eigenvalue weighted by Crippen LogP contribution is -2.31. The molecule has 0 spiro atoms. The third-order valence-corrected chi connectivity index (χ3v) is 7.06. The van der Waals surface area contributed by atoms with Crippen molar-refractivity contribution in [3.05, 3.63) is 71.5 Å². The number of urea groups is 1. The molecule has 3 amide bonds. The van der Waals surface area contributed by atoms with Crippen LogP contribution < -0.4 is 15.5 Å². The van der Waals surface area contributed by atoms with Crippen molar-refractivity contribution in [3.8, 4) is 11.8 Å². The predicted molar refractivity (Wildman–Crippen MR) is 134 cm³/mol. The maximum absolute atomic E-state index is 13.9. The number of hydrogen-bond acceptors (Lipinski definition) is 5. The number of aromatic nitrogens is 1. The first kappa shape index (κ1) is 21.9. The van der Waals surface area contributed by atoms with Crippen molar-refractivity contribution in [2.24, 2.45) is 0 Å². The van der Waals surface area contributed by atoms with Crippen molar-refractivity contribution in [1.29, 1.82) is 0 Å². The van der Waals surface area contributed by atoms with E-state index in [1.807, 2.05) is 18.2 Å². The fourth-order valence-electron chi connectivity index (χ4n) is 3.57. The second-order valence-electron chi connectivity index (χ2n) is 7.36. The van der Waals surface area contributed by atoms with Crippen LogP contribution >= 0.6 is 23.1 Å². The number of thiazole rings is 1. The Morgan fingerprint density at radius 2 is 1.85 bits per heavy atom. The zero-order valence-electron chi connectivity index (χ0n) is 17.9. The van der Waals surface area contributed by atoms with Gasteiger partial charge in [-0.15, -0.1) is 17.3 Å². The largest absolute Gasteiger partial charge is 0.323 e. The van der Waals surface area contributed by atoms with Gasteiger partial charge in [0, 0.05) is 21.2 Å². The van der Waals surface area contributed by atoms with Crippen LogP contribution in [-0.2, 0) is 0 Å². The number of nitrogens with one attached hydrogen (secondary N) is 2. The summed E-state index contributed by atoms with van der Waals surface area (Å²) in [5.74, 6) is 5.07. The summed E-state index contributed by atoms with van der Waals surface area (Å²) < 4.78 is 15.0. The van der Waals surface area contributed by atoms with E-state index in [4.69, 9.17) is 0 Å². The van der Waals surface area contributed by atoms with Crippen molar-refractivity contribution in [1.82, 2.24) is 4.98 Å². The summed E-state index contributed by atoms with van der Waals surface area (Å²) in [6, 6.07) is 14.5. The van der Waals surface area contributed by atoms with Crippen molar-refractivity contribution in [2.75, 3.05) is 22.1 Å². The van der Waals surface area contributed by atoms with E-state index in [1.54, 1.807) is 35.5 Å². The fraction of sp³-hybridized carbons (Fsp3) is 0.0800. The Kier molecular flexibility index (Phi) is 5.92. The lowest BCUT2D eigenvalue weighted by Gasteiger charge is -2.21. The van der Waals surface area contributed by atoms with Gasteiger partial charge in [0.25, 0.3) is 5.91 Å². The van der Waals surface area contributed by atoms with E-state index in [0.29, 0.717) is 32.4 Å². The van der Waals surface area contributed by atoms with Gasteiger partial charge in [0.1, 0.15) is 5.82 Å². The molecule has 1 aliphatic heterocycles. The normalized spacial score (nSPS) is 12.3. The highest BCUT2D eigenvalue weighted by Gasteiger charge is 2.27. The van der Waals surface area contributed by atoms with Crippen LogP contribution in [0.2, 0.25) is 0 Å². The summed E-state index contributed by atoms with van der Waals surface area (Å²) in [6.45, 7) is 1.91. The number of rotatable bonds is 3. The number of halogens is 1. The molecule has 5 rings (SSSR count). The van der Waals surface area contributed by atoms with Gasteiger partial charge in [-0.3, -0.25) is 9.69 Å². The van der Waals surface area contributed by atoms with Crippen molar-refractivity contribution >= 4 is 62.3 Å². The molecule has 3 aromatic carbocycles. The van der Waals surface area contributed by atoms with Crippen molar-refractivity contribution < 1.29 is 14.0 Å². The number of amides is 3. The highest BCUT2D eigenvalue weighted by atomic mass is 32.2. The fourth-order valence-corrected chi connectivity index (χ4v) is 5.37. The molecule has 0 bridgehead atoms. The monoisotopic (exact) mass is 488 g/mol. The molecule has 4 aromatic rings. The predicted octanol–water partition coefficient (Wildman–Crippen LogP) is 6.21. The number of fused-ring (bicyclic) bond motifs is 3. The van der Waals surface area contributed by atoms with Crippen LogP contribution in [0.1, 0.15) is 17.3 Å². The quantitative estimate of drug-likeness (QED) is 0.336. The Morgan fingerprint density at radius 1 is 1.06 bits per heavy atom. The van der Waals surface area contributed by atoms with Crippen LogP contribution in [0.15, 0.2) is 69.9 Å². The average Bonchev–Trinajstić information content (AvgIpc) is 3.24. The summed E-state index contributed by atoms with van der Waals surface area (Å²) in [6.07, 6.45) is 0. The summed E-state index contributed by atoms with van der Waals surface area (Å²) >= 11 is 2.81. The molecule has 0 aliphatic carbocycles. The Hall–Kier alpha value is -3.87. The SMILES string of the molecule is CC#CCN1C(=O)c2ccc(F)cc2Sc2cc(NC(=O)Nc3ccc4scnc4c3)ccc21. The maximum atomic E-state index is 13.9. The highest BCUT2D eigenvalue weighted by molar-refractivity contribution is 7.99. The molecule has 0 saturated carbocycles. The van der Waals surface area contributed by atoms with Crippen molar-refractivity contribution in [3.63, 3.8) is 0 Å². The minimum atomic E-state index is -0.423. The molecular formula is C25H17FN4O2S2. The van der Waals surface area contributed by atoms with Gasteiger partial charge in [-0.1, -0.05) is 17.7 Å². The topological polar surface area (TPSA) is 74.3 Å². The molecule has 6 nitrogen and oxygen atoms in total. The Morgan fingerprint density at radius 3 is 2.68 bits per heavy atom. The molecule has 1 aliphatic rings. The van der Waals surface area contributed by atoms with Gasteiger partial charge < -0.3 is 10.6 Å². The molecule has 168 valence electrons. The first-order valence-corrected chi connectivity index (χ1v) is 12.0. The van der Waals surface area contributed by atoms with Crippen LogP contribution in [0.3, 0.4) is 0 Å². The first-order chi connectivity index (χ1) is 16.5. The van der Waals surface area contributed by atoms with Crippen molar-refractivity contribution in [2.45, 2.75) is 16.7 Å². The molecule has 0 fully saturated rings. The van der Waals surface area contributed by atoms with Crippen LogP contribution in [0.5, 0.6) is 0 Å². The van der Waals surface area contributed by atoms with Gasteiger partial charge >= 0.3 is 6.03 Å². The molecule has 0 saturated heterocycles. The minimum Gasteiger partial charge on any atom is -0.308 e. The van der Waals surface area contributed by atoms with Crippen LogP contribution in [-0.4, -0.2) is 23.5 Å². The van der Waals surface area contributed by atoms with Crippen LogP contribution in [0.4, 0.5) is 26.2 Å². The Bertz CT molecular complexity index is 1510. The second-order valence-corrected chi connectivity index (χ2v) is 9.33. The molecule has 2 N–H and O–H groups in total. The van der Waals surface area contributed by atoms with Gasteiger partial charge in [-0.25, -0.2) is 14.2 Å². The van der Waals surface area contributed by atoms with Gasteiger partial charge in [0.2, 0.25) is 0 Å². The van der Waals surface area contributed by atoms with E-state index >= 15 is 0 Å². The average molecular weight is 489 g/mol. The molecule has 0 unspecified atom stereocenters. The number of benzene rings is 3. The van der Waals surface area contributed by atoms with Crippen LogP contribution in [0, 0.1) is 17.7 Å². The number of nitrogens with zero attached hydrogens (tertiary/aromatic N) is 2. The lowest BCUT2D eigenvalue weighted by atomic mass is 10.1. The van der Waals surface area contributed by atoms with Crippen LogP contribution in [0.25, 0.3) is 10.2 Å². The summed E-state index contributed by atoms with van der Waals surface area (Å²) in [7, 11) is 0. The third-order valence-electron chi connectivity index (χ3n) is 5.15. The molecule has 1 aromatic heterocycles. The Labute approximate surface area is 203 Å². The molecular weight excluding hydrogens is 471 g/mol. The maximum Gasteiger partial charge on any atom is 0.323 e. The lowest BCUT2D eigenvalue weighted by molar-refractivity contribution is 0.0987. The second kappa shape index (κ2) is 9.17. The third kappa shape index (κ3) is 4.33. The summed E-state index contributed by atoms with van der Waals surface area (Å²) in [5.41, 5.74) is 4.78. The van der Waals surface area contributed by atoms with Gasteiger partial charge in [-0.2, -0.15) is 0 Å². The summed E-state index contributed by atoms with van der Waals surface area (Å²) in [4.78, 5) is 32.9. The number of hydrogen-bond donors (Lipinski definition) is 2. The highest BCUT2D eigenvalue weighted by Crippen LogP contribution is 2.42. The van der Waals surface area contributed by atoms with E-state index in [0.717, 1.165) is 10.2 Å². The van der Waals surface area contributed by atoms with E-state index < -0.39 is 11.8 Å². The molecule has 2 heterocycles. The number of carbonyl (C=O) groups is 2. The molecule has 0 atom stereocenters. The summed E-state index contributed by atoms with van der Waals surface area (Å²) in [5, 5.41) is 5.63. The van der Waals surface area contributed by atoms with E-state index in [9.17, 15) is 14.0 Å². The number of carbonyl (C=O) groups excluding carboxylic acids is 2. The first-order valence-electron chi connectivity index (χ1n) is 10.3. The Balaban J connectivity index is 1.43. The standard InChI is InChI=1S/C25H17FN4O2S2/c1-2-3-10-30-20-8-5-17(13-23(20)34-22-11-15(26)4-7-18(22)24(30)31)29-25(32)28-16-6-9-21-19(12-16)27-14-33-21/h4-9,11-14H,10H2,1H3,(H2,28,29,32). The van der Waals surface area contributed by atoms with Gasteiger partial charge in [0.15, 0.2) is 0 Å². The minimum absolute atomic E-state index is 0.200. The van der Waals surface area contributed by atoms with E-state index in [1.165, 1.54) is 41.3 Å². The smallest absolute Gasteiger partial charge is 0.308 e. The van der Waals surface area contributed by atoms with E-state index in [-0.39, 0.29) is 12.5 Å². The molecule has 34 heavy (non-hydrogen) atoms. The van der Waals surface area contributed by atoms with Gasteiger partial charge in [0.05, 0.1) is 33.5 Å². The van der Waals surface area contributed by atoms with Gasteiger partial charge in [-0.05, 0) is 61.5 Å². The zero-order chi connectivity index (χ0) is 23.7. The molecule has 0 radical (unpaired) electrons. The van der Waals surface area contributed by atoms with E-state index in [2.05, 4.69) is 27.5 Å².